The molecule has 1 aromatic rings. The second kappa shape index (κ2) is 7.00. The summed E-state index contributed by atoms with van der Waals surface area (Å²) < 4.78 is 0.912. The lowest BCUT2D eigenvalue weighted by Crippen LogP contribution is -2.39. The number of amides is 1. The fourth-order valence-electron chi connectivity index (χ4n) is 1.36. The molecule has 3 nitrogen and oxygen atoms in total. The summed E-state index contributed by atoms with van der Waals surface area (Å²) in [6.45, 7) is 6.61. The summed E-state index contributed by atoms with van der Waals surface area (Å²) >= 11 is 9.42. The van der Waals surface area contributed by atoms with Gasteiger partial charge in [0.05, 0.1) is 10.7 Å². The normalized spacial score (nSPS) is 12.3. The fourth-order valence-corrected chi connectivity index (χ4v) is 2.09. The molecule has 100 valence electrons. The monoisotopic (exact) mass is 332 g/mol. The molecule has 0 aliphatic heterocycles. The van der Waals surface area contributed by atoms with Crippen LogP contribution in [0.5, 0.6) is 0 Å². The first-order chi connectivity index (χ1) is 8.40. The van der Waals surface area contributed by atoms with Gasteiger partial charge >= 0.3 is 0 Å². The van der Waals surface area contributed by atoms with Crippen molar-refractivity contribution in [3.8, 4) is 0 Å². The summed E-state index contributed by atoms with van der Waals surface area (Å²) in [7, 11) is 0. The van der Waals surface area contributed by atoms with E-state index in [2.05, 4.69) is 40.4 Å². The SMILES string of the molecule is CC(C)CNC(=O)C(C)Nc1ccc(Br)cc1Cl. The van der Waals surface area contributed by atoms with Crippen LogP contribution in [-0.2, 0) is 4.79 Å². The number of carbonyl (C=O) groups is 1. The minimum absolute atomic E-state index is 0.0253. The molecule has 18 heavy (non-hydrogen) atoms. The average molecular weight is 334 g/mol. The maximum atomic E-state index is 11.8. The van der Waals surface area contributed by atoms with Crippen molar-refractivity contribution in [2.75, 3.05) is 11.9 Å². The summed E-state index contributed by atoms with van der Waals surface area (Å²) in [6, 6.07) is 5.20. The molecule has 5 heteroatoms. The molecule has 0 radical (unpaired) electrons. The number of benzene rings is 1. The molecule has 0 bridgehead atoms. The molecular weight excluding hydrogens is 316 g/mol. The van der Waals surface area contributed by atoms with Crippen LogP contribution in [0, 0.1) is 5.92 Å². The van der Waals surface area contributed by atoms with Crippen molar-refractivity contribution in [1.82, 2.24) is 5.32 Å². The predicted octanol–water partition coefficient (Wildman–Crippen LogP) is 3.68. The Morgan fingerprint density at radius 3 is 2.61 bits per heavy atom. The topological polar surface area (TPSA) is 41.1 Å². The lowest BCUT2D eigenvalue weighted by molar-refractivity contribution is -0.121. The minimum atomic E-state index is -0.317. The highest BCUT2D eigenvalue weighted by molar-refractivity contribution is 9.10. The molecule has 0 aliphatic carbocycles. The standard InChI is InChI=1S/C13H18BrClN2O/c1-8(2)7-16-13(18)9(3)17-12-5-4-10(14)6-11(12)15/h4-6,8-9,17H,7H2,1-3H3,(H,16,18). The first-order valence-electron chi connectivity index (χ1n) is 5.89. The van der Waals surface area contributed by atoms with Crippen LogP contribution in [-0.4, -0.2) is 18.5 Å². The van der Waals surface area contributed by atoms with Gasteiger partial charge in [-0.3, -0.25) is 4.79 Å². The molecular formula is C13H18BrClN2O. The van der Waals surface area contributed by atoms with E-state index in [4.69, 9.17) is 11.6 Å². The second-order valence-corrected chi connectivity index (χ2v) is 5.95. The molecule has 0 aliphatic rings. The van der Waals surface area contributed by atoms with Crippen molar-refractivity contribution in [2.45, 2.75) is 26.8 Å². The highest BCUT2D eigenvalue weighted by Gasteiger charge is 2.13. The molecule has 1 rings (SSSR count). The van der Waals surface area contributed by atoms with Gasteiger partial charge in [-0.2, -0.15) is 0 Å². The van der Waals surface area contributed by atoms with E-state index in [9.17, 15) is 4.79 Å². The third-order valence-electron chi connectivity index (χ3n) is 2.38. The number of carbonyl (C=O) groups excluding carboxylic acids is 1. The summed E-state index contributed by atoms with van der Waals surface area (Å²) in [5, 5.41) is 6.57. The Morgan fingerprint density at radius 1 is 1.39 bits per heavy atom. The van der Waals surface area contributed by atoms with Crippen molar-refractivity contribution < 1.29 is 4.79 Å². The van der Waals surface area contributed by atoms with Crippen molar-refractivity contribution in [3.05, 3.63) is 27.7 Å². The van der Waals surface area contributed by atoms with E-state index in [1.54, 1.807) is 6.07 Å². The number of hydrogen-bond acceptors (Lipinski definition) is 2. The lowest BCUT2D eigenvalue weighted by Gasteiger charge is -2.17. The van der Waals surface area contributed by atoms with Gasteiger partial charge in [0.1, 0.15) is 6.04 Å². The maximum absolute atomic E-state index is 11.8. The van der Waals surface area contributed by atoms with Gasteiger partial charge in [-0.05, 0) is 31.0 Å². The second-order valence-electron chi connectivity index (χ2n) is 4.63. The molecule has 0 fully saturated rings. The number of halogens is 2. The smallest absolute Gasteiger partial charge is 0.242 e. The molecule has 0 spiro atoms. The van der Waals surface area contributed by atoms with Crippen LogP contribution >= 0.6 is 27.5 Å². The molecule has 1 aromatic carbocycles. The van der Waals surface area contributed by atoms with Crippen LogP contribution in [0.15, 0.2) is 22.7 Å². The Hall–Kier alpha value is -0.740. The van der Waals surface area contributed by atoms with Crippen LogP contribution in [0.1, 0.15) is 20.8 Å². The van der Waals surface area contributed by atoms with Gasteiger partial charge in [-0.1, -0.05) is 41.4 Å². The Kier molecular flexibility index (Phi) is 5.96. The quantitative estimate of drug-likeness (QED) is 0.863. The van der Waals surface area contributed by atoms with E-state index in [1.165, 1.54) is 0 Å². The van der Waals surface area contributed by atoms with Gasteiger partial charge in [-0.15, -0.1) is 0 Å². The van der Waals surface area contributed by atoms with E-state index >= 15 is 0 Å². The number of hydrogen-bond donors (Lipinski definition) is 2. The van der Waals surface area contributed by atoms with Crippen LogP contribution in [0.2, 0.25) is 5.02 Å². The predicted molar refractivity (Wildman–Crippen MR) is 80.1 cm³/mol. The molecule has 1 atom stereocenters. The number of rotatable bonds is 5. The van der Waals surface area contributed by atoms with Gasteiger partial charge in [0.2, 0.25) is 5.91 Å². The van der Waals surface area contributed by atoms with Gasteiger partial charge in [0.25, 0.3) is 0 Å². The van der Waals surface area contributed by atoms with Gasteiger partial charge in [0.15, 0.2) is 0 Å². The zero-order valence-corrected chi connectivity index (χ0v) is 13.1. The van der Waals surface area contributed by atoms with Crippen molar-refractivity contribution in [2.24, 2.45) is 5.92 Å². The molecule has 2 N–H and O–H groups in total. The summed E-state index contributed by atoms with van der Waals surface area (Å²) in [5.74, 6) is 0.417. The molecule has 1 unspecified atom stereocenters. The van der Waals surface area contributed by atoms with E-state index in [-0.39, 0.29) is 11.9 Å². The highest BCUT2D eigenvalue weighted by Crippen LogP contribution is 2.26. The van der Waals surface area contributed by atoms with Gasteiger partial charge < -0.3 is 10.6 Å². The van der Waals surface area contributed by atoms with Gasteiger partial charge in [-0.25, -0.2) is 0 Å². The first-order valence-corrected chi connectivity index (χ1v) is 7.06. The van der Waals surface area contributed by atoms with E-state index in [0.717, 1.165) is 10.2 Å². The molecule has 0 saturated carbocycles. The zero-order chi connectivity index (χ0) is 13.7. The third-order valence-corrected chi connectivity index (χ3v) is 3.19. The number of anilines is 1. The summed E-state index contributed by atoms with van der Waals surface area (Å²) in [5.41, 5.74) is 0.757. The van der Waals surface area contributed by atoms with Crippen LogP contribution < -0.4 is 10.6 Å². The van der Waals surface area contributed by atoms with E-state index in [0.29, 0.717) is 17.5 Å². The van der Waals surface area contributed by atoms with Gasteiger partial charge in [0, 0.05) is 11.0 Å². The molecule has 0 saturated heterocycles. The van der Waals surface area contributed by atoms with Crippen molar-refractivity contribution >= 4 is 39.1 Å². The lowest BCUT2D eigenvalue weighted by atomic mass is 10.2. The Labute approximate surface area is 121 Å². The maximum Gasteiger partial charge on any atom is 0.242 e. The Balaban J connectivity index is 2.58. The Bertz CT molecular complexity index is 423. The molecule has 0 heterocycles. The Morgan fingerprint density at radius 2 is 2.06 bits per heavy atom. The largest absolute Gasteiger partial charge is 0.373 e. The molecule has 0 aromatic heterocycles. The van der Waals surface area contributed by atoms with Crippen LogP contribution in [0.3, 0.4) is 0 Å². The van der Waals surface area contributed by atoms with Crippen LogP contribution in [0.4, 0.5) is 5.69 Å². The third kappa shape index (κ3) is 4.86. The highest BCUT2D eigenvalue weighted by atomic mass is 79.9. The number of nitrogens with one attached hydrogen (secondary N) is 2. The summed E-state index contributed by atoms with van der Waals surface area (Å²) in [4.78, 5) is 11.8. The van der Waals surface area contributed by atoms with Crippen LogP contribution in [0.25, 0.3) is 0 Å². The fraction of sp³-hybridized carbons (Fsp3) is 0.462. The zero-order valence-electron chi connectivity index (χ0n) is 10.8. The van der Waals surface area contributed by atoms with E-state index in [1.807, 2.05) is 19.1 Å². The van der Waals surface area contributed by atoms with Crippen molar-refractivity contribution in [3.63, 3.8) is 0 Å². The summed E-state index contributed by atoms with van der Waals surface area (Å²) in [6.07, 6.45) is 0. The van der Waals surface area contributed by atoms with E-state index < -0.39 is 0 Å². The minimum Gasteiger partial charge on any atom is -0.373 e. The molecule has 1 amide bonds. The van der Waals surface area contributed by atoms with Crippen molar-refractivity contribution in [1.29, 1.82) is 0 Å². The average Bonchev–Trinajstić information content (AvgIpc) is 2.29. The first kappa shape index (κ1) is 15.3.